The maximum atomic E-state index is 12.0. The summed E-state index contributed by atoms with van der Waals surface area (Å²) in [6, 6.07) is 9.11. The third-order valence-corrected chi connectivity index (χ3v) is 3.54. The fourth-order valence-electron chi connectivity index (χ4n) is 2.51. The lowest BCUT2D eigenvalue weighted by Gasteiger charge is -2.12. The lowest BCUT2D eigenvalue weighted by molar-refractivity contribution is -0.0229. The van der Waals surface area contributed by atoms with E-state index >= 15 is 0 Å². The number of ether oxygens (including phenoxy) is 2. The minimum Gasteiger partial charge on any atom is -0.427 e. The fourth-order valence-corrected chi connectivity index (χ4v) is 2.51. The smallest absolute Gasteiger partial charge is 0.340 e. The van der Waals surface area contributed by atoms with E-state index in [1.807, 2.05) is 18.2 Å². The van der Waals surface area contributed by atoms with E-state index in [1.165, 1.54) is 12.8 Å². The van der Waals surface area contributed by atoms with Crippen molar-refractivity contribution in [3.63, 3.8) is 0 Å². The Labute approximate surface area is 101 Å². The Morgan fingerprint density at radius 2 is 2.06 bits per heavy atom. The molecule has 2 atom stereocenters. The van der Waals surface area contributed by atoms with E-state index in [9.17, 15) is 4.79 Å². The molecule has 17 heavy (non-hydrogen) atoms. The second-order valence-electron chi connectivity index (χ2n) is 4.77. The first-order valence-corrected chi connectivity index (χ1v) is 6.26. The Bertz CT molecular complexity index is 415. The van der Waals surface area contributed by atoms with Gasteiger partial charge < -0.3 is 9.47 Å². The second-order valence-corrected chi connectivity index (χ2v) is 4.77. The Kier molecular flexibility index (Phi) is 2.63. The highest BCUT2D eigenvalue weighted by Gasteiger charge is 2.60. The van der Waals surface area contributed by atoms with Crippen LogP contribution in [0.3, 0.4) is 0 Å². The van der Waals surface area contributed by atoms with Crippen LogP contribution in [0.2, 0.25) is 0 Å². The highest BCUT2D eigenvalue weighted by Crippen LogP contribution is 2.47. The molecular formula is C14H16O3. The number of hydrogen-bond donors (Lipinski definition) is 0. The molecule has 1 aliphatic carbocycles. The Hall–Kier alpha value is -1.35. The van der Waals surface area contributed by atoms with Crippen molar-refractivity contribution in [3.8, 4) is 0 Å². The average molecular weight is 232 g/mol. The molecule has 1 aromatic rings. The number of esters is 1. The number of carbonyl (C=O) groups excluding carboxylic acids is 1. The van der Waals surface area contributed by atoms with E-state index in [-0.39, 0.29) is 12.1 Å². The van der Waals surface area contributed by atoms with Gasteiger partial charge in [-0.2, -0.15) is 0 Å². The van der Waals surface area contributed by atoms with Crippen molar-refractivity contribution in [2.75, 3.05) is 0 Å². The van der Waals surface area contributed by atoms with Crippen molar-refractivity contribution < 1.29 is 14.3 Å². The molecule has 0 radical (unpaired) electrons. The van der Waals surface area contributed by atoms with Gasteiger partial charge >= 0.3 is 5.97 Å². The summed E-state index contributed by atoms with van der Waals surface area (Å²) in [5.41, 5.74) is 0.598. The van der Waals surface area contributed by atoms with E-state index in [4.69, 9.17) is 9.47 Å². The molecule has 3 heteroatoms. The molecule has 3 rings (SSSR count). The number of carbonyl (C=O) groups is 1. The molecule has 90 valence electrons. The van der Waals surface area contributed by atoms with Gasteiger partial charge in [0.05, 0.1) is 5.56 Å². The molecule has 1 heterocycles. The molecule has 1 saturated heterocycles. The minimum atomic E-state index is -0.594. The highest BCUT2D eigenvalue weighted by molar-refractivity contribution is 5.89. The van der Waals surface area contributed by atoms with Gasteiger partial charge in [0.1, 0.15) is 6.10 Å². The van der Waals surface area contributed by atoms with Gasteiger partial charge in [0.25, 0.3) is 0 Å². The first-order valence-electron chi connectivity index (χ1n) is 6.26. The van der Waals surface area contributed by atoms with Crippen LogP contribution in [0.15, 0.2) is 30.3 Å². The zero-order chi connectivity index (χ0) is 11.7. The molecule has 0 unspecified atom stereocenters. The van der Waals surface area contributed by atoms with E-state index in [1.54, 1.807) is 12.1 Å². The highest BCUT2D eigenvalue weighted by atomic mass is 16.8. The van der Waals surface area contributed by atoms with E-state index in [0.29, 0.717) is 5.56 Å². The van der Waals surface area contributed by atoms with Crippen molar-refractivity contribution in [2.45, 2.75) is 44.0 Å². The Morgan fingerprint density at radius 1 is 1.24 bits per heavy atom. The number of rotatable bonds is 2. The molecule has 0 spiro atoms. The van der Waals surface area contributed by atoms with Gasteiger partial charge in [0.15, 0.2) is 0 Å². The van der Waals surface area contributed by atoms with Crippen LogP contribution in [0.25, 0.3) is 0 Å². The molecule has 2 aliphatic rings. The maximum absolute atomic E-state index is 12.0. The third-order valence-electron chi connectivity index (χ3n) is 3.54. The lowest BCUT2D eigenvalue weighted by Crippen LogP contribution is -2.23. The van der Waals surface area contributed by atoms with Gasteiger partial charge in [0, 0.05) is 6.42 Å². The predicted octanol–water partition coefficient (Wildman–Crippen LogP) is 2.90. The summed E-state index contributed by atoms with van der Waals surface area (Å²) in [5, 5.41) is 0. The van der Waals surface area contributed by atoms with Gasteiger partial charge in [0.2, 0.25) is 5.79 Å². The summed E-state index contributed by atoms with van der Waals surface area (Å²) in [6.45, 7) is 0. The number of fused-ring (bicyclic) bond motifs is 1. The van der Waals surface area contributed by atoms with Crippen LogP contribution in [0, 0.1) is 0 Å². The largest absolute Gasteiger partial charge is 0.427 e. The summed E-state index contributed by atoms with van der Waals surface area (Å²) in [7, 11) is 0. The first-order chi connectivity index (χ1) is 8.30. The summed E-state index contributed by atoms with van der Waals surface area (Å²) >= 11 is 0. The lowest BCUT2D eigenvalue weighted by atomic mass is 10.1. The van der Waals surface area contributed by atoms with Crippen LogP contribution in [-0.2, 0) is 9.47 Å². The van der Waals surface area contributed by atoms with Crippen LogP contribution in [-0.4, -0.2) is 17.9 Å². The third kappa shape index (κ3) is 2.07. The van der Waals surface area contributed by atoms with Crippen LogP contribution < -0.4 is 0 Å². The van der Waals surface area contributed by atoms with Crippen LogP contribution in [0.5, 0.6) is 0 Å². The van der Waals surface area contributed by atoms with Crippen molar-refractivity contribution in [3.05, 3.63) is 35.9 Å². The van der Waals surface area contributed by atoms with E-state index in [2.05, 4.69) is 0 Å². The van der Waals surface area contributed by atoms with Gasteiger partial charge in [-0.3, -0.25) is 0 Å². The number of hydrogen-bond acceptors (Lipinski definition) is 3. The van der Waals surface area contributed by atoms with E-state index in [0.717, 1.165) is 19.3 Å². The zero-order valence-electron chi connectivity index (χ0n) is 9.72. The Balaban J connectivity index is 1.69. The topological polar surface area (TPSA) is 38.8 Å². The monoisotopic (exact) mass is 232 g/mol. The molecule has 0 N–H and O–H groups in total. The van der Waals surface area contributed by atoms with Crippen molar-refractivity contribution in [2.24, 2.45) is 0 Å². The van der Waals surface area contributed by atoms with Gasteiger partial charge in [-0.1, -0.05) is 31.0 Å². The summed E-state index contributed by atoms with van der Waals surface area (Å²) < 4.78 is 11.2. The molecule has 1 aromatic carbocycles. The second kappa shape index (κ2) is 4.15. The molecule has 0 bridgehead atoms. The van der Waals surface area contributed by atoms with Crippen LogP contribution in [0.1, 0.15) is 42.5 Å². The van der Waals surface area contributed by atoms with Crippen LogP contribution >= 0.6 is 0 Å². The first kappa shape index (κ1) is 10.8. The minimum absolute atomic E-state index is 0.137. The summed E-state index contributed by atoms with van der Waals surface area (Å²) in [5.74, 6) is -0.862. The van der Waals surface area contributed by atoms with Gasteiger partial charge in [-0.15, -0.1) is 0 Å². The SMILES string of the molecule is O=C(O[C@]12CCCCC[C@H]1O2)c1ccccc1. The average Bonchev–Trinajstić information content (AvgIpc) is 3.04. The molecule has 2 fully saturated rings. The van der Waals surface area contributed by atoms with Crippen molar-refractivity contribution in [1.82, 2.24) is 0 Å². The molecular weight excluding hydrogens is 216 g/mol. The molecule has 3 nitrogen and oxygen atoms in total. The predicted molar refractivity (Wildman–Crippen MR) is 62.5 cm³/mol. The standard InChI is InChI=1S/C14H16O3/c15-13(11-7-3-1-4-8-11)17-14-10-6-2-5-9-12(14)16-14/h1,3-4,7-8,12H,2,5-6,9-10H2/t12-,14-/m1/s1. The van der Waals surface area contributed by atoms with Crippen molar-refractivity contribution >= 4 is 5.97 Å². The molecule has 0 aromatic heterocycles. The van der Waals surface area contributed by atoms with Crippen molar-refractivity contribution in [1.29, 1.82) is 0 Å². The summed E-state index contributed by atoms with van der Waals surface area (Å²) in [6.07, 6.45) is 5.47. The van der Waals surface area contributed by atoms with Gasteiger partial charge in [-0.05, 0) is 25.0 Å². The summed E-state index contributed by atoms with van der Waals surface area (Å²) in [4.78, 5) is 12.0. The molecule has 1 aliphatic heterocycles. The normalized spacial score (nSPS) is 31.2. The molecule has 1 saturated carbocycles. The Morgan fingerprint density at radius 3 is 2.88 bits per heavy atom. The quantitative estimate of drug-likeness (QED) is 0.581. The zero-order valence-corrected chi connectivity index (χ0v) is 9.72. The number of benzene rings is 1. The van der Waals surface area contributed by atoms with Gasteiger partial charge in [-0.25, -0.2) is 4.79 Å². The fraction of sp³-hybridized carbons (Fsp3) is 0.500. The van der Waals surface area contributed by atoms with Crippen LogP contribution in [0.4, 0.5) is 0 Å². The maximum Gasteiger partial charge on any atom is 0.340 e. The number of epoxide rings is 1. The molecule has 0 amide bonds. The van der Waals surface area contributed by atoms with E-state index < -0.39 is 5.79 Å².